The lowest BCUT2D eigenvalue weighted by Crippen LogP contribution is -2.35. The minimum absolute atomic E-state index is 0.437. The maximum absolute atomic E-state index is 11.5. The van der Waals surface area contributed by atoms with E-state index in [4.69, 9.17) is 0 Å². The third-order valence-electron chi connectivity index (χ3n) is 3.85. The molecule has 0 atom stereocenters. The van der Waals surface area contributed by atoms with E-state index in [1.165, 1.54) is 6.33 Å². The fourth-order valence-corrected chi connectivity index (χ4v) is 3.50. The molecule has 0 aliphatic heterocycles. The SMILES string of the molecule is O=C(O)C1(CNc2ncnc3ccsc23)CCCC1. The zero-order valence-electron chi connectivity index (χ0n) is 10.4. The maximum Gasteiger partial charge on any atom is 0.311 e. The second kappa shape index (κ2) is 4.77. The van der Waals surface area contributed by atoms with Crippen molar-refractivity contribution in [3.63, 3.8) is 0 Å². The fourth-order valence-electron chi connectivity index (χ4n) is 2.69. The van der Waals surface area contributed by atoms with Gasteiger partial charge in [0, 0.05) is 6.54 Å². The van der Waals surface area contributed by atoms with Crippen LogP contribution in [0.25, 0.3) is 10.2 Å². The highest BCUT2D eigenvalue weighted by Gasteiger charge is 2.41. The first-order valence-corrected chi connectivity index (χ1v) is 7.25. The van der Waals surface area contributed by atoms with E-state index in [1.54, 1.807) is 11.3 Å². The molecule has 0 bridgehead atoms. The van der Waals surface area contributed by atoms with Crippen LogP contribution in [-0.4, -0.2) is 27.6 Å². The summed E-state index contributed by atoms with van der Waals surface area (Å²) < 4.78 is 0.987. The quantitative estimate of drug-likeness (QED) is 0.898. The molecule has 3 rings (SSSR count). The van der Waals surface area contributed by atoms with Gasteiger partial charge in [0.1, 0.15) is 12.1 Å². The van der Waals surface area contributed by atoms with Crippen molar-refractivity contribution in [1.29, 1.82) is 0 Å². The number of carbonyl (C=O) groups is 1. The minimum atomic E-state index is -0.700. The molecule has 5 nitrogen and oxygen atoms in total. The van der Waals surface area contributed by atoms with E-state index in [0.717, 1.165) is 41.7 Å². The average Bonchev–Trinajstić information content (AvgIpc) is 3.06. The first kappa shape index (κ1) is 12.3. The van der Waals surface area contributed by atoms with Crippen molar-refractivity contribution in [2.75, 3.05) is 11.9 Å². The Bertz CT molecular complexity index is 605. The summed E-state index contributed by atoms with van der Waals surface area (Å²) in [7, 11) is 0. The van der Waals surface area contributed by atoms with Gasteiger partial charge >= 0.3 is 5.97 Å². The number of aliphatic carboxylic acids is 1. The van der Waals surface area contributed by atoms with Crippen molar-refractivity contribution in [3.05, 3.63) is 17.8 Å². The van der Waals surface area contributed by atoms with Gasteiger partial charge in [0.2, 0.25) is 0 Å². The molecular formula is C13H15N3O2S. The number of rotatable bonds is 4. The van der Waals surface area contributed by atoms with E-state index >= 15 is 0 Å². The van der Waals surface area contributed by atoms with Crippen LogP contribution >= 0.6 is 11.3 Å². The predicted octanol–water partition coefficient (Wildman–Crippen LogP) is 2.75. The van der Waals surface area contributed by atoms with Gasteiger partial charge < -0.3 is 10.4 Å². The van der Waals surface area contributed by atoms with Crippen molar-refractivity contribution in [3.8, 4) is 0 Å². The van der Waals surface area contributed by atoms with Gasteiger partial charge in [-0.2, -0.15) is 0 Å². The van der Waals surface area contributed by atoms with Gasteiger partial charge in [-0.25, -0.2) is 9.97 Å². The van der Waals surface area contributed by atoms with E-state index in [2.05, 4.69) is 15.3 Å². The molecule has 1 aliphatic rings. The smallest absolute Gasteiger partial charge is 0.311 e. The summed E-state index contributed by atoms with van der Waals surface area (Å²) in [4.78, 5) is 19.9. The van der Waals surface area contributed by atoms with Gasteiger partial charge in [-0.3, -0.25) is 4.79 Å². The van der Waals surface area contributed by atoms with E-state index in [1.807, 2.05) is 11.4 Å². The molecule has 6 heteroatoms. The Labute approximate surface area is 114 Å². The molecule has 19 heavy (non-hydrogen) atoms. The molecule has 0 spiro atoms. The largest absolute Gasteiger partial charge is 0.481 e. The van der Waals surface area contributed by atoms with Crippen LogP contribution in [0.5, 0.6) is 0 Å². The molecule has 0 radical (unpaired) electrons. The first-order chi connectivity index (χ1) is 9.21. The van der Waals surface area contributed by atoms with E-state index in [-0.39, 0.29) is 0 Å². The number of carboxylic acid groups (broad SMARTS) is 1. The van der Waals surface area contributed by atoms with Gasteiger partial charge in [0.25, 0.3) is 0 Å². The van der Waals surface area contributed by atoms with E-state index in [9.17, 15) is 9.90 Å². The van der Waals surface area contributed by atoms with Crippen molar-refractivity contribution in [2.45, 2.75) is 25.7 Å². The Morgan fingerprint density at radius 1 is 1.42 bits per heavy atom. The summed E-state index contributed by atoms with van der Waals surface area (Å²) in [5.41, 5.74) is 0.271. The summed E-state index contributed by atoms with van der Waals surface area (Å²) >= 11 is 1.57. The highest BCUT2D eigenvalue weighted by atomic mass is 32.1. The third-order valence-corrected chi connectivity index (χ3v) is 4.76. The van der Waals surface area contributed by atoms with Crippen LogP contribution in [-0.2, 0) is 4.79 Å². The lowest BCUT2D eigenvalue weighted by molar-refractivity contribution is -0.147. The molecule has 2 heterocycles. The van der Waals surface area contributed by atoms with Crippen LogP contribution in [0, 0.1) is 5.41 Å². The second-order valence-corrected chi connectivity index (χ2v) is 5.92. The Morgan fingerprint density at radius 3 is 2.95 bits per heavy atom. The predicted molar refractivity (Wildman–Crippen MR) is 74.4 cm³/mol. The van der Waals surface area contributed by atoms with Crippen molar-refractivity contribution in [2.24, 2.45) is 5.41 Å². The zero-order chi connectivity index (χ0) is 13.3. The van der Waals surface area contributed by atoms with Crippen LogP contribution in [0.2, 0.25) is 0 Å². The Hall–Kier alpha value is -1.69. The monoisotopic (exact) mass is 277 g/mol. The molecule has 1 fully saturated rings. The summed E-state index contributed by atoms with van der Waals surface area (Å²) in [6, 6.07) is 1.94. The number of nitrogens with zero attached hydrogens (tertiary/aromatic N) is 2. The normalized spacial score (nSPS) is 17.7. The molecule has 2 aromatic rings. The maximum atomic E-state index is 11.5. The fraction of sp³-hybridized carbons (Fsp3) is 0.462. The third kappa shape index (κ3) is 2.16. The number of anilines is 1. The molecule has 2 aromatic heterocycles. The Balaban J connectivity index is 1.82. The van der Waals surface area contributed by atoms with Crippen LogP contribution in [0.4, 0.5) is 5.82 Å². The van der Waals surface area contributed by atoms with Gasteiger partial charge in [-0.15, -0.1) is 11.3 Å². The average molecular weight is 277 g/mol. The van der Waals surface area contributed by atoms with Crippen LogP contribution in [0.15, 0.2) is 17.8 Å². The molecule has 0 unspecified atom stereocenters. The molecule has 0 saturated heterocycles. The molecule has 100 valence electrons. The minimum Gasteiger partial charge on any atom is -0.481 e. The topological polar surface area (TPSA) is 75.1 Å². The number of fused-ring (bicyclic) bond motifs is 1. The Kier molecular flexibility index (Phi) is 3.10. The molecule has 0 aromatic carbocycles. The molecule has 1 saturated carbocycles. The second-order valence-electron chi connectivity index (χ2n) is 5.00. The van der Waals surface area contributed by atoms with Gasteiger partial charge in [-0.1, -0.05) is 12.8 Å². The number of hydrogen-bond acceptors (Lipinski definition) is 5. The van der Waals surface area contributed by atoms with Crippen molar-refractivity contribution < 1.29 is 9.90 Å². The van der Waals surface area contributed by atoms with E-state index in [0.29, 0.717) is 6.54 Å². The lowest BCUT2D eigenvalue weighted by Gasteiger charge is -2.24. The Morgan fingerprint density at radius 2 is 2.21 bits per heavy atom. The number of carboxylic acids is 1. The summed E-state index contributed by atoms with van der Waals surface area (Å²) in [5.74, 6) is 0.0431. The molecule has 1 aliphatic carbocycles. The highest BCUT2D eigenvalue weighted by Crippen LogP contribution is 2.39. The molecular weight excluding hydrogens is 262 g/mol. The van der Waals surface area contributed by atoms with Crippen LogP contribution < -0.4 is 5.32 Å². The number of hydrogen-bond donors (Lipinski definition) is 2. The number of nitrogens with one attached hydrogen (secondary N) is 1. The van der Waals surface area contributed by atoms with Gasteiger partial charge in [-0.05, 0) is 24.3 Å². The van der Waals surface area contributed by atoms with Crippen molar-refractivity contribution >= 4 is 33.3 Å². The van der Waals surface area contributed by atoms with Gasteiger partial charge in [0.05, 0.1) is 15.6 Å². The van der Waals surface area contributed by atoms with Gasteiger partial charge in [0.15, 0.2) is 0 Å². The van der Waals surface area contributed by atoms with Crippen molar-refractivity contribution in [1.82, 2.24) is 9.97 Å². The summed E-state index contributed by atoms with van der Waals surface area (Å²) in [5, 5.41) is 14.6. The standard InChI is InChI=1S/C13H15N3O2S/c17-12(18)13(4-1-2-5-13)7-14-11-10-9(3-6-19-10)15-8-16-11/h3,6,8H,1-2,4-5,7H2,(H,17,18)(H,14,15,16). The summed E-state index contributed by atoms with van der Waals surface area (Å²) in [6.07, 6.45) is 4.99. The summed E-state index contributed by atoms with van der Waals surface area (Å²) in [6.45, 7) is 0.437. The first-order valence-electron chi connectivity index (χ1n) is 6.37. The number of aromatic nitrogens is 2. The van der Waals surface area contributed by atoms with Crippen LogP contribution in [0.1, 0.15) is 25.7 Å². The highest BCUT2D eigenvalue weighted by molar-refractivity contribution is 7.17. The lowest BCUT2D eigenvalue weighted by atomic mass is 9.86. The number of thiophene rings is 1. The zero-order valence-corrected chi connectivity index (χ0v) is 11.2. The molecule has 2 N–H and O–H groups in total. The van der Waals surface area contributed by atoms with Crippen LogP contribution in [0.3, 0.4) is 0 Å². The molecule has 0 amide bonds. The van der Waals surface area contributed by atoms with E-state index < -0.39 is 11.4 Å².